The van der Waals surface area contributed by atoms with E-state index in [-0.39, 0.29) is 0 Å². The first-order valence-corrected chi connectivity index (χ1v) is 4.96. The van der Waals surface area contributed by atoms with Crippen LogP contribution in [0.5, 0.6) is 0 Å². The SMILES string of the molecule is CC(C)c1c(N)cnc2c1CCC2. The van der Waals surface area contributed by atoms with Gasteiger partial charge in [0.15, 0.2) is 0 Å². The van der Waals surface area contributed by atoms with E-state index >= 15 is 0 Å². The number of rotatable bonds is 1. The minimum absolute atomic E-state index is 0.523. The molecule has 0 saturated heterocycles. The molecule has 0 amide bonds. The van der Waals surface area contributed by atoms with Crippen molar-refractivity contribution in [2.45, 2.75) is 39.0 Å². The molecular weight excluding hydrogens is 160 g/mol. The highest BCUT2D eigenvalue weighted by atomic mass is 14.7. The van der Waals surface area contributed by atoms with Crippen molar-refractivity contribution in [2.75, 3.05) is 5.73 Å². The van der Waals surface area contributed by atoms with Gasteiger partial charge in [-0.3, -0.25) is 4.98 Å². The maximum atomic E-state index is 5.93. The molecule has 2 rings (SSSR count). The number of hydrogen-bond acceptors (Lipinski definition) is 2. The first-order valence-electron chi connectivity index (χ1n) is 4.96. The zero-order chi connectivity index (χ0) is 9.42. The molecule has 2 nitrogen and oxygen atoms in total. The lowest BCUT2D eigenvalue weighted by molar-refractivity contribution is 0.840. The summed E-state index contributed by atoms with van der Waals surface area (Å²) in [5.41, 5.74) is 10.8. The molecule has 1 aliphatic rings. The molecule has 0 aromatic carbocycles. The highest BCUT2D eigenvalue weighted by Gasteiger charge is 2.19. The van der Waals surface area contributed by atoms with Crippen LogP contribution < -0.4 is 5.73 Å². The molecule has 1 heterocycles. The number of aryl methyl sites for hydroxylation is 1. The van der Waals surface area contributed by atoms with Crippen molar-refractivity contribution < 1.29 is 0 Å². The van der Waals surface area contributed by atoms with Crippen LogP contribution in [0.25, 0.3) is 0 Å². The Morgan fingerprint density at radius 1 is 1.38 bits per heavy atom. The van der Waals surface area contributed by atoms with Crippen LogP contribution in [0.2, 0.25) is 0 Å². The maximum absolute atomic E-state index is 5.93. The molecule has 0 radical (unpaired) electrons. The highest BCUT2D eigenvalue weighted by molar-refractivity contribution is 5.53. The van der Waals surface area contributed by atoms with Gasteiger partial charge >= 0.3 is 0 Å². The Hall–Kier alpha value is -1.05. The predicted molar refractivity (Wildman–Crippen MR) is 54.8 cm³/mol. The molecular formula is C11H16N2. The predicted octanol–water partition coefficient (Wildman–Crippen LogP) is 2.28. The quantitative estimate of drug-likeness (QED) is 0.713. The molecule has 0 fully saturated rings. The number of hydrogen-bond donors (Lipinski definition) is 1. The second kappa shape index (κ2) is 3.02. The number of fused-ring (bicyclic) bond motifs is 1. The Balaban J connectivity index is 2.58. The van der Waals surface area contributed by atoms with E-state index in [0.717, 1.165) is 12.1 Å². The lowest BCUT2D eigenvalue weighted by atomic mass is 9.96. The van der Waals surface area contributed by atoms with Crippen molar-refractivity contribution in [3.05, 3.63) is 23.0 Å². The van der Waals surface area contributed by atoms with Gasteiger partial charge < -0.3 is 5.73 Å². The molecule has 1 aromatic rings. The molecule has 0 spiro atoms. The summed E-state index contributed by atoms with van der Waals surface area (Å²) < 4.78 is 0. The van der Waals surface area contributed by atoms with Gasteiger partial charge in [-0.2, -0.15) is 0 Å². The monoisotopic (exact) mass is 176 g/mol. The fourth-order valence-corrected chi connectivity index (χ4v) is 2.23. The largest absolute Gasteiger partial charge is 0.397 e. The Labute approximate surface area is 79.2 Å². The van der Waals surface area contributed by atoms with Gasteiger partial charge in [0.1, 0.15) is 0 Å². The van der Waals surface area contributed by atoms with Crippen LogP contribution in [0.15, 0.2) is 6.20 Å². The molecule has 2 heteroatoms. The lowest BCUT2D eigenvalue weighted by Gasteiger charge is -2.13. The van der Waals surface area contributed by atoms with Crippen molar-refractivity contribution in [3.63, 3.8) is 0 Å². The second-order valence-electron chi connectivity index (χ2n) is 4.06. The minimum atomic E-state index is 0.523. The minimum Gasteiger partial charge on any atom is -0.397 e. The molecule has 0 saturated carbocycles. The second-order valence-corrected chi connectivity index (χ2v) is 4.06. The number of nitrogens with two attached hydrogens (primary N) is 1. The summed E-state index contributed by atoms with van der Waals surface area (Å²) in [4.78, 5) is 4.38. The smallest absolute Gasteiger partial charge is 0.0538 e. The molecule has 70 valence electrons. The van der Waals surface area contributed by atoms with Crippen LogP contribution in [-0.4, -0.2) is 4.98 Å². The maximum Gasteiger partial charge on any atom is 0.0538 e. The van der Waals surface area contributed by atoms with Gasteiger partial charge in [-0.05, 0) is 36.3 Å². The number of anilines is 1. The Morgan fingerprint density at radius 2 is 2.15 bits per heavy atom. The molecule has 2 N–H and O–H groups in total. The zero-order valence-electron chi connectivity index (χ0n) is 8.30. The third kappa shape index (κ3) is 1.30. The van der Waals surface area contributed by atoms with Gasteiger partial charge in [-0.1, -0.05) is 13.8 Å². The van der Waals surface area contributed by atoms with E-state index in [0.29, 0.717) is 5.92 Å². The summed E-state index contributed by atoms with van der Waals surface area (Å²) in [6.45, 7) is 4.40. The van der Waals surface area contributed by atoms with Gasteiger partial charge in [0.2, 0.25) is 0 Å². The molecule has 0 atom stereocenters. The summed E-state index contributed by atoms with van der Waals surface area (Å²) in [7, 11) is 0. The van der Waals surface area contributed by atoms with Gasteiger partial charge in [0.25, 0.3) is 0 Å². The summed E-state index contributed by atoms with van der Waals surface area (Å²) in [5, 5.41) is 0. The van der Waals surface area contributed by atoms with E-state index in [2.05, 4.69) is 18.8 Å². The van der Waals surface area contributed by atoms with E-state index in [9.17, 15) is 0 Å². The summed E-state index contributed by atoms with van der Waals surface area (Å²) in [6, 6.07) is 0. The van der Waals surface area contributed by atoms with Crippen LogP contribution in [0, 0.1) is 0 Å². The fourth-order valence-electron chi connectivity index (χ4n) is 2.23. The molecule has 0 bridgehead atoms. The van der Waals surface area contributed by atoms with Crippen LogP contribution >= 0.6 is 0 Å². The lowest BCUT2D eigenvalue weighted by Crippen LogP contribution is -2.03. The summed E-state index contributed by atoms with van der Waals surface area (Å²) in [6.07, 6.45) is 5.36. The van der Waals surface area contributed by atoms with E-state index in [1.807, 2.05) is 6.20 Å². The van der Waals surface area contributed by atoms with Crippen LogP contribution in [0.4, 0.5) is 5.69 Å². The fraction of sp³-hybridized carbons (Fsp3) is 0.545. The molecule has 1 aromatic heterocycles. The molecule has 0 aliphatic heterocycles. The van der Waals surface area contributed by atoms with Gasteiger partial charge in [0, 0.05) is 5.69 Å². The summed E-state index contributed by atoms with van der Waals surface area (Å²) >= 11 is 0. The Kier molecular flexibility index (Phi) is 1.98. The van der Waals surface area contributed by atoms with Crippen molar-refractivity contribution in [1.29, 1.82) is 0 Å². The van der Waals surface area contributed by atoms with Crippen LogP contribution in [0.3, 0.4) is 0 Å². The summed E-state index contributed by atoms with van der Waals surface area (Å²) in [5.74, 6) is 0.523. The number of nitrogen functional groups attached to an aromatic ring is 1. The first kappa shape index (κ1) is 8.54. The van der Waals surface area contributed by atoms with Gasteiger partial charge in [-0.15, -0.1) is 0 Å². The van der Waals surface area contributed by atoms with Gasteiger partial charge in [0.05, 0.1) is 11.9 Å². The Bertz CT molecular complexity index is 329. The highest BCUT2D eigenvalue weighted by Crippen LogP contribution is 2.32. The van der Waals surface area contributed by atoms with Crippen LogP contribution in [-0.2, 0) is 12.8 Å². The van der Waals surface area contributed by atoms with Crippen LogP contribution in [0.1, 0.15) is 43.0 Å². The van der Waals surface area contributed by atoms with E-state index in [1.54, 1.807) is 0 Å². The van der Waals surface area contributed by atoms with Gasteiger partial charge in [-0.25, -0.2) is 0 Å². The van der Waals surface area contributed by atoms with E-state index < -0.39 is 0 Å². The van der Waals surface area contributed by atoms with Crippen molar-refractivity contribution in [1.82, 2.24) is 4.98 Å². The zero-order valence-corrected chi connectivity index (χ0v) is 8.30. The van der Waals surface area contributed by atoms with Crippen molar-refractivity contribution in [2.24, 2.45) is 0 Å². The molecule has 1 aliphatic carbocycles. The first-order chi connectivity index (χ1) is 6.20. The third-order valence-corrected chi connectivity index (χ3v) is 2.76. The number of pyridine rings is 1. The normalized spacial score (nSPS) is 15.0. The van der Waals surface area contributed by atoms with E-state index in [4.69, 9.17) is 5.73 Å². The van der Waals surface area contributed by atoms with E-state index in [1.165, 1.54) is 29.7 Å². The number of aromatic nitrogens is 1. The number of nitrogens with zero attached hydrogens (tertiary/aromatic N) is 1. The van der Waals surface area contributed by atoms with Crippen molar-refractivity contribution in [3.8, 4) is 0 Å². The standard InChI is InChI=1S/C11H16N2/c1-7(2)11-8-4-3-5-10(8)13-6-9(11)12/h6-7H,3-5,12H2,1-2H3. The molecule has 0 unspecified atom stereocenters. The molecule has 13 heavy (non-hydrogen) atoms. The third-order valence-electron chi connectivity index (χ3n) is 2.76. The Morgan fingerprint density at radius 3 is 2.85 bits per heavy atom. The van der Waals surface area contributed by atoms with Crippen molar-refractivity contribution >= 4 is 5.69 Å². The topological polar surface area (TPSA) is 38.9 Å². The average molecular weight is 176 g/mol. The average Bonchev–Trinajstić information content (AvgIpc) is 2.50.